The number of nitrogens with zero attached hydrogens (tertiary/aromatic N) is 3. The average Bonchev–Trinajstić information content (AvgIpc) is 3.12. The van der Waals surface area contributed by atoms with Crippen molar-refractivity contribution in [3.8, 4) is 5.75 Å². The van der Waals surface area contributed by atoms with Crippen molar-refractivity contribution < 1.29 is 22.8 Å². The number of halogens is 3. The van der Waals surface area contributed by atoms with Gasteiger partial charge < -0.3 is 20.7 Å². The number of ether oxygens (including phenoxy) is 1. The number of nitro groups is 1. The van der Waals surface area contributed by atoms with Crippen molar-refractivity contribution in [3.63, 3.8) is 0 Å². The topological polar surface area (TPSA) is 130 Å². The van der Waals surface area contributed by atoms with Gasteiger partial charge in [-0.3, -0.25) is 20.7 Å². The molecule has 1 saturated heterocycles. The van der Waals surface area contributed by atoms with Crippen LogP contribution in [0.2, 0.25) is 0 Å². The second kappa shape index (κ2) is 11.7. The van der Waals surface area contributed by atoms with Gasteiger partial charge in [-0.15, -0.1) is 13.2 Å². The maximum atomic E-state index is 12.7. The average molecular weight is 526 g/mol. The number of benzene rings is 1. The van der Waals surface area contributed by atoms with Crippen molar-refractivity contribution in [1.29, 1.82) is 0 Å². The van der Waals surface area contributed by atoms with Crippen molar-refractivity contribution >= 4 is 5.96 Å². The molecule has 2 heterocycles. The lowest BCUT2D eigenvalue weighted by Gasteiger charge is -2.40. The standard InChI is InChI=1S/C24H34F3N7O3/c25-24(26,27)37-20-5-2-1-4-18(20)15-30-22-31-16-21(34(35)36)23(28,32-22)14-17-6-8-19(9-7-17)33-12-3-10-29-11-13-33/h1-2,4-5,16-17,19,29H,3,6-15,28H2,(H2,30,31,32). The Balaban J connectivity index is 1.41. The summed E-state index contributed by atoms with van der Waals surface area (Å²) < 4.78 is 42.3. The van der Waals surface area contributed by atoms with Crippen molar-refractivity contribution in [1.82, 2.24) is 20.9 Å². The van der Waals surface area contributed by atoms with Gasteiger partial charge in [0.15, 0.2) is 11.6 Å². The molecule has 0 bridgehead atoms. The van der Waals surface area contributed by atoms with E-state index in [9.17, 15) is 23.3 Å². The van der Waals surface area contributed by atoms with Gasteiger partial charge in [-0.05, 0) is 63.6 Å². The first-order valence-electron chi connectivity index (χ1n) is 12.6. The van der Waals surface area contributed by atoms with Crippen LogP contribution < -0.4 is 26.4 Å². The number of guanidine groups is 1. The molecule has 1 aliphatic carbocycles. The highest BCUT2D eigenvalue weighted by Crippen LogP contribution is 2.34. The summed E-state index contributed by atoms with van der Waals surface area (Å²) in [6.45, 7) is 4.02. The van der Waals surface area contributed by atoms with Gasteiger partial charge in [0.25, 0.3) is 0 Å². The highest BCUT2D eigenvalue weighted by Gasteiger charge is 2.45. The highest BCUT2D eigenvalue weighted by atomic mass is 19.4. The van der Waals surface area contributed by atoms with Crippen molar-refractivity contribution in [3.05, 3.63) is 51.8 Å². The molecule has 10 nitrogen and oxygen atoms in total. The summed E-state index contributed by atoms with van der Waals surface area (Å²) in [6, 6.07) is 6.22. The van der Waals surface area contributed by atoms with E-state index in [1.54, 1.807) is 6.07 Å². The fraction of sp³-hybridized carbons (Fsp3) is 0.625. The third-order valence-electron chi connectivity index (χ3n) is 7.26. The molecule has 0 amide bonds. The van der Waals surface area contributed by atoms with E-state index >= 15 is 0 Å². The Kier molecular flexibility index (Phi) is 8.55. The van der Waals surface area contributed by atoms with E-state index in [2.05, 4.69) is 30.6 Å². The Labute approximate surface area is 213 Å². The molecule has 4 rings (SSSR count). The number of para-hydroxylation sites is 1. The summed E-state index contributed by atoms with van der Waals surface area (Å²) in [7, 11) is 0. The zero-order chi connectivity index (χ0) is 26.5. The fourth-order valence-electron chi connectivity index (χ4n) is 5.46. The Morgan fingerprint density at radius 1 is 1.19 bits per heavy atom. The molecule has 3 aliphatic rings. The van der Waals surface area contributed by atoms with Crippen LogP contribution in [0.25, 0.3) is 0 Å². The SMILES string of the molecule is NC1(CC2CCC(N3CCCNCC3)CC2)NC(=NCc2ccccc2OC(F)(F)F)NC=C1[N+](=O)[O-]. The number of aliphatic imine (C=N–C) groups is 1. The molecule has 1 unspecified atom stereocenters. The van der Waals surface area contributed by atoms with Crippen LogP contribution in [0.15, 0.2) is 41.2 Å². The molecule has 1 atom stereocenters. The molecule has 5 N–H and O–H groups in total. The summed E-state index contributed by atoms with van der Waals surface area (Å²) in [5.74, 6) is -0.00391. The predicted molar refractivity (Wildman–Crippen MR) is 132 cm³/mol. The molecule has 13 heteroatoms. The first-order chi connectivity index (χ1) is 17.6. The van der Waals surface area contributed by atoms with Crippen LogP contribution in [-0.4, -0.2) is 60.0 Å². The zero-order valence-corrected chi connectivity index (χ0v) is 20.6. The van der Waals surface area contributed by atoms with E-state index in [-0.39, 0.29) is 35.4 Å². The largest absolute Gasteiger partial charge is 0.573 e. The molecule has 2 fully saturated rings. The smallest absolute Gasteiger partial charge is 0.405 e. The molecule has 2 aliphatic heterocycles. The summed E-state index contributed by atoms with van der Waals surface area (Å²) >= 11 is 0. The van der Waals surface area contributed by atoms with Crippen LogP contribution in [0.3, 0.4) is 0 Å². The zero-order valence-electron chi connectivity index (χ0n) is 20.6. The quantitative estimate of drug-likeness (QED) is 0.316. The van der Waals surface area contributed by atoms with E-state index in [1.807, 2.05) is 0 Å². The van der Waals surface area contributed by atoms with E-state index in [0.29, 0.717) is 12.5 Å². The Morgan fingerprint density at radius 3 is 2.68 bits per heavy atom. The first kappa shape index (κ1) is 27.1. The van der Waals surface area contributed by atoms with Gasteiger partial charge in [-0.25, -0.2) is 4.99 Å². The summed E-state index contributed by atoms with van der Waals surface area (Å²) in [4.78, 5) is 18.1. The summed E-state index contributed by atoms with van der Waals surface area (Å²) in [5.41, 5.74) is 5.12. The van der Waals surface area contributed by atoms with Crippen LogP contribution in [-0.2, 0) is 6.54 Å². The maximum absolute atomic E-state index is 12.7. The molecule has 204 valence electrons. The van der Waals surface area contributed by atoms with Gasteiger partial charge in [-0.1, -0.05) is 18.2 Å². The number of hydrogen-bond acceptors (Lipinski definition) is 7. The minimum Gasteiger partial charge on any atom is -0.405 e. The minimum atomic E-state index is -4.83. The summed E-state index contributed by atoms with van der Waals surface area (Å²) in [5, 5.41) is 20.9. The van der Waals surface area contributed by atoms with Crippen molar-refractivity contribution in [2.45, 2.75) is 63.1 Å². The van der Waals surface area contributed by atoms with Crippen molar-refractivity contribution in [2.75, 3.05) is 26.2 Å². The van der Waals surface area contributed by atoms with Crippen LogP contribution in [0, 0.1) is 16.0 Å². The third kappa shape index (κ3) is 7.33. The van der Waals surface area contributed by atoms with Crippen molar-refractivity contribution in [2.24, 2.45) is 16.6 Å². The first-order valence-corrected chi connectivity index (χ1v) is 12.6. The maximum Gasteiger partial charge on any atom is 0.573 e. The molecule has 1 aromatic rings. The monoisotopic (exact) mass is 525 g/mol. The second-order valence-electron chi connectivity index (χ2n) is 9.87. The Bertz CT molecular complexity index is 1000. The van der Waals surface area contributed by atoms with E-state index in [1.165, 1.54) is 24.4 Å². The van der Waals surface area contributed by atoms with Gasteiger partial charge in [0.2, 0.25) is 0 Å². The number of alkyl halides is 3. The number of nitrogens with one attached hydrogen (secondary N) is 3. The fourth-order valence-corrected chi connectivity index (χ4v) is 5.46. The minimum absolute atomic E-state index is 0.144. The highest BCUT2D eigenvalue weighted by molar-refractivity contribution is 5.83. The molecular weight excluding hydrogens is 491 g/mol. The van der Waals surface area contributed by atoms with Gasteiger partial charge in [0.05, 0.1) is 17.7 Å². The molecule has 0 radical (unpaired) electrons. The van der Waals surface area contributed by atoms with Crippen LogP contribution >= 0.6 is 0 Å². The molecule has 1 aromatic carbocycles. The molecule has 0 aromatic heterocycles. The van der Waals surface area contributed by atoms with E-state index in [4.69, 9.17) is 5.73 Å². The number of hydrogen-bond donors (Lipinski definition) is 4. The van der Waals surface area contributed by atoms with Gasteiger partial charge in [0, 0.05) is 24.7 Å². The molecule has 0 spiro atoms. The van der Waals surface area contributed by atoms with Crippen LogP contribution in [0.5, 0.6) is 5.75 Å². The summed E-state index contributed by atoms with van der Waals surface area (Å²) in [6.07, 6.45) is 1.75. The third-order valence-corrected chi connectivity index (χ3v) is 7.26. The lowest BCUT2D eigenvalue weighted by atomic mass is 9.79. The molecule has 1 saturated carbocycles. The number of rotatable bonds is 7. The van der Waals surface area contributed by atoms with Crippen LogP contribution in [0.1, 0.15) is 44.1 Å². The lowest BCUT2D eigenvalue weighted by Crippen LogP contribution is -2.64. The van der Waals surface area contributed by atoms with Gasteiger partial charge in [-0.2, -0.15) is 0 Å². The van der Waals surface area contributed by atoms with Gasteiger partial charge in [0.1, 0.15) is 5.75 Å². The Hall–Kier alpha value is -2.90. The molecule has 37 heavy (non-hydrogen) atoms. The van der Waals surface area contributed by atoms with Crippen LogP contribution in [0.4, 0.5) is 13.2 Å². The Morgan fingerprint density at radius 2 is 1.95 bits per heavy atom. The second-order valence-corrected chi connectivity index (χ2v) is 9.87. The van der Waals surface area contributed by atoms with Gasteiger partial charge >= 0.3 is 12.1 Å². The number of nitrogens with two attached hydrogens (primary N) is 1. The van der Waals surface area contributed by atoms with E-state index < -0.39 is 16.9 Å². The van der Waals surface area contributed by atoms with E-state index in [0.717, 1.165) is 58.3 Å². The normalized spacial score (nSPS) is 28.5. The predicted octanol–water partition coefficient (Wildman–Crippen LogP) is 2.65. The molecular formula is C24H34F3N7O3. The lowest BCUT2D eigenvalue weighted by molar-refractivity contribution is -0.437.